The summed E-state index contributed by atoms with van der Waals surface area (Å²) < 4.78 is 5.69. The molecule has 31 heavy (non-hydrogen) atoms. The molecule has 0 radical (unpaired) electrons. The molecule has 1 N–H and O–H groups in total. The monoisotopic (exact) mass is 411 g/mol. The van der Waals surface area contributed by atoms with Gasteiger partial charge in [-0.3, -0.25) is 4.79 Å². The Kier molecular flexibility index (Phi) is 7.17. The summed E-state index contributed by atoms with van der Waals surface area (Å²) in [5, 5.41) is 22.8. The highest BCUT2D eigenvalue weighted by atomic mass is 16.5. The molecule has 1 amide bonds. The Labute approximate surface area is 180 Å². The first-order chi connectivity index (χ1) is 15.0. The van der Waals surface area contributed by atoms with E-state index in [0.29, 0.717) is 17.9 Å². The zero-order valence-corrected chi connectivity index (χ0v) is 16.6. The number of carbonyl (C=O) groups excluding carboxylic acids is 2. The molecule has 0 saturated carbocycles. The van der Waals surface area contributed by atoms with Crippen molar-refractivity contribution in [2.24, 2.45) is 0 Å². The molecule has 0 aromatic heterocycles. The van der Waals surface area contributed by atoms with E-state index >= 15 is 0 Å². The van der Waals surface area contributed by atoms with E-state index in [-0.39, 0.29) is 17.7 Å². The summed E-state index contributed by atoms with van der Waals surface area (Å²) in [7, 11) is 0. The lowest BCUT2D eigenvalue weighted by atomic mass is 10.1. The lowest BCUT2D eigenvalue weighted by molar-refractivity contribution is -0.255. The SMILES string of the molecule is N#C/C(=C/c1ccc(OCc2ccc(C(=O)[O-])cc2)cc1)C(=O)NCc1ccccc1. The van der Waals surface area contributed by atoms with Crippen molar-refractivity contribution in [2.45, 2.75) is 13.2 Å². The third-order valence-corrected chi connectivity index (χ3v) is 4.45. The number of aromatic carboxylic acids is 1. The molecule has 0 bridgehead atoms. The van der Waals surface area contributed by atoms with Crippen LogP contribution in [-0.4, -0.2) is 11.9 Å². The van der Waals surface area contributed by atoms with Crippen LogP contribution in [0.4, 0.5) is 0 Å². The predicted octanol–water partition coefficient (Wildman–Crippen LogP) is 2.85. The molecule has 0 aliphatic rings. The summed E-state index contributed by atoms with van der Waals surface area (Å²) in [6.45, 7) is 0.614. The smallest absolute Gasteiger partial charge is 0.262 e. The van der Waals surface area contributed by atoms with Crippen LogP contribution < -0.4 is 15.2 Å². The normalized spacial score (nSPS) is 10.7. The number of nitrogens with zero attached hydrogens (tertiary/aromatic N) is 1. The molecule has 6 nitrogen and oxygen atoms in total. The van der Waals surface area contributed by atoms with Gasteiger partial charge in [-0.05, 0) is 40.5 Å². The maximum absolute atomic E-state index is 12.3. The maximum atomic E-state index is 12.3. The molecule has 0 heterocycles. The Hall–Kier alpha value is -4.37. The molecule has 0 fully saturated rings. The Bertz CT molecular complexity index is 1110. The molecule has 154 valence electrons. The van der Waals surface area contributed by atoms with Gasteiger partial charge in [0.05, 0.1) is 5.97 Å². The second-order valence-corrected chi connectivity index (χ2v) is 6.68. The molecule has 3 aromatic carbocycles. The second-order valence-electron chi connectivity index (χ2n) is 6.68. The summed E-state index contributed by atoms with van der Waals surface area (Å²) in [6.07, 6.45) is 1.52. The number of benzene rings is 3. The highest BCUT2D eigenvalue weighted by Gasteiger charge is 2.09. The van der Waals surface area contributed by atoms with Gasteiger partial charge in [0.2, 0.25) is 0 Å². The average Bonchev–Trinajstić information content (AvgIpc) is 2.81. The van der Waals surface area contributed by atoms with Gasteiger partial charge in [0.25, 0.3) is 5.91 Å². The van der Waals surface area contributed by atoms with Gasteiger partial charge >= 0.3 is 0 Å². The van der Waals surface area contributed by atoms with Gasteiger partial charge in [0, 0.05) is 6.54 Å². The number of carbonyl (C=O) groups is 2. The van der Waals surface area contributed by atoms with Crippen molar-refractivity contribution >= 4 is 18.0 Å². The third kappa shape index (κ3) is 6.31. The van der Waals surface area contributed by atoms with Gasteiger partial charge in [-0.25, -0.2) is 0 Å². The van der Waals surface area contributed by atoms with Crippen LogP contribution in [0.15, 0.2) is 84.4 Å². The molecule has 0 spiro atoms. The molecular formula is C25H19N2O4-. The van der Waals surface area contributed by atoms with Crippen LogP contribution in [-0.2, 0) is 17.9 Å². The molecular weight excluding hydrogens is 392 g/mol. The molecule has 0 unspecified atom stereocenters. The Morgan fingerprint density at radius 2 is 1.61 bits per heavy atom. The number of rotatable bonds is 8. The molecule has 0 aliphatic heterocycles. The van der Waals surface area contributed by atoms with Crippen LogP contribution in [0, 0.1) is 11.3 Å². The van der Waals surface area contributed by atoms with E-state index < -0.39 is 11.9 Å². The Balaban J connectivity index is 1.57. The van der Waals surface area contributed by atoms with Crippen molar-refractivity contribution in [1.82, 2.24) is 5.32 Å². The van der Waals surface area contributed by atoms with Crippen molar-refractivity contribution in [1.29, 1.82) is 5.26 Å². The fourth-order valence-corrected chi connectivity index (χ4v) is 2.75. The lowest BCUT2D eigenvalue weighted by Crippen LogP contribution is -2.23. The number of hydrogen-bond acceptors (Lipinski definition) is 5. The first-order valence-electron chi connectivity index (χ1n) is 9.52. The molecule has 6 heteroatoms. The minimum absolute atomic E-state index is 0.0117. The standard InChI is InChI=1S/C25H20N2O4/c26-15-22(24(28)27-16-19-4-2-1-3-5-19)14-18-8-12-23(13-9-18)31-17-20-6-10-21(11-7-20)25(29)30/h1-14H,16-17H2,(H,27,28)(H,29,30)/p-1/b22-14-. The van der Waals surface area contributed by atoms with Crippen molar-refractivity contribution in [2.75, 3.05) is 0 Å². The molecule has 0 atom stereocenters. The van der Waals surface area contributed by atoms with E-state index in [1.807, 2.05) is 36.4 Å². The fourth-order valence-electron chi connectivity index (χ4n) is 2.75. The topological polar surface area (TPSA) is 102 Å². The Morgan fingerprint density at radius 1 is 0.935 bits per heavy atom. The van der Waals surface area contributed by atoms with Crippen molar-refractivity contribution in [3.63, 3.8) is 0 Å². The van der Waals surface area contributed by atoms with Crippen molar-refractivity contribution in [3.05, 3.63) is 107 Å². The lowest BCUT2D eigenvalue weighted by Gasteiger charge is -2.08. The van der Waals surface area contributed by atoms with E-state index in [2.05, 4.69) is 5.32 Å². The number of nitriles is 1. The van der Waals surface area contributed by atoms with Crippen LogP contribution in [0.5, 0.6) is 5.75 Å². The Morgan fingerprint density at radius 3 is 2.23 bits per heavy atom. The number of nitrogens with one attached hydrogen (secondary N) is 1. The number of amides is 1. The van der Waals surface area contributed by atoms with E-state index in [1.165, 1.54) is 18.2 Å². The summed E-state index contributed by atoms with van der Waals surface area (Å²) in [4.78, 5) is 23.1. The van der Waals surface area contributed by atoms with Crippen LogP contribution in [0.1, 0.15) is 27.0 Å². The summed E-state index contributed by atoms with van der Waals surface area (Å²) in [5.74, 6) is -1.05. The van der Waals surface area contributed by atoms with E-state index in [1.54, 1.807) is 36.4 Å². The summed E-state index contributed by atoms with van der Waals surface area (Å²) in [6, 6.07) is 24.6. The second kappa shape index (κ2) is 10.4. The van der Waals surface area contributed by atoms with Gasteiger partial charge in [-0.15, -0.1) is 0 Å². The van der Waals surface area contributed by atoms with E-state index in [4.69, 9.17) is 4.74 Å². The van der Waals surface area contributed by atoms with Gasteiger partial charge < -0.3 is 20.0 Å². The summed E-state index contributed by atoms with van der Waals surface area (Å²) >= 11 is 0. The van der Waals surface area contributed by atoms with Gasteiger partial charge in [0.1, 0.15) is 24.0 Å². The summed E-state index contributed by atoms with van der Waals surface area (Å²) in [5.41, 5.74) is 2.58. The van der Waals surface area contributed by atoms with Gasteiger partial charge in [-0.2, -0.15) is 5.26 Å². The number of hydrogen-bond donors (Lipinski definition) is 1. The fraction of sp³-hybridized carbons (Fsp3) is 0.0800. The highest BCUT2D eigenvalue weighted by molar-refractivity contribution is 6.01. The zero-order chi connectivity index (χ0) is 22.1. The predicted molar refractivity (Wildman–Crippen MR) is 113 cm³/mol. The first-order valence-corrected chi connectivity index (χ1v) is 9.52. The van der Waals surface area contributed by atoms with E-state index in [9.17, 15) is 20.0 Å². The van der Waals surface area contributed by atoms with Crippen LogP contribution in [0.3, 0.4) is 0 Å². The number of carboxylic acids is 1. The van der Waals surface area contributed by atoms with E-state index in [0.717, 1.165) is 11.1 Å². The number of ether oxygens (including phenoxy) is 1. The van der Waals surface area contributed by atoms with Crippen LogP contribution in [0.2, 0.25) is 0 Å². The average molecular weight is 411 g/mol. The largest absolute Gasteiger partial charge is 0.545 e. The molecule has 0 saturated heterocycles. The highest BCUT2D eigenvalue weighted by Crippen LogP contribution is 2.16. The van der Waals surface area contributed by atoms with Crippen LogP contribution >= 0.6 is 0 Å². The molecule has 3 rings (SSSR count). The zero-order valence-electron chi connectivity index (χ0n) is 16.6. The maximum Gasteiger partial charge on any atom is 0.262 e. The molecule has 0 aliphatic carbocycles. The first kappa shape index (κ1) is 21.3. The van der Waals surface area contributed by atoms with Crippen molar-refractivity contribution in [3.8, 4) is 11.8 Å². The van der Waals surface area contributed by atoms with Crippen molar-refractivity contribution < 1.29 is 19.4 Å². The van der Waals surface area contributed by atoms with Gasteiger partial charge in [0.15, 0.2) is 0 Å². The third-order valence-electron chi connectivity index (χ3n) is 4.45. The minimum atomic E-state index is -1.22. The van der Waals surface area contributed by atoms with Crippen LogP contribution in [0.25, 0.3) is 6.08 Å². The minimum Gasteiger partial charge on any atom is -0.545 e. The molecule has 3 aromatic rings. The number of carboxylic acid groups (broad SMARTS) is 1. The quantitative estimate of drug-likeness (QED) is 0.454. The van der Waals surface area contributed by atoms with Gasteiger partial charge in [-0.1, -0.05) is 66.7 Å².